The van der Waals surface area contributed by atoms with Gasteiger partial charge in [-0.05, 0) is 0 Å². The smallest absolute Gasteiger partial charge is 0.176 e. The van der Waals surface area contributed by atoms with Gasteiger partial charge >= 0.3 is 0 Å². The molecule has 26 heavy (non-hydrogen) atoms. The first-order chi connectivity index (χ1) is 12.3. The average Bonchev–Trinajstić information content (AvgIpc) is 3.18. The van der Waals surface area contributed by atoms with Crippen molar-refractivity contribution in [1.29, 1.82) is 0 Å². The van der Waals surface area contributed by atoms with E-state index in [-0.39, 0.29) is 10.8 Å². The Labute approximate surface area is 151 Å². The number of aromatic nitrogens is 8. The lowest BCUT2D eigenvalue weighted by molar-refractivity contribution is 0.504. The minimum Gasteiger partial charge on any atom is -0.261 e. The molecule has 0 saturated heterocycles. The normalized spacial score (nSPS) is 13.0. The Morgan fingerprint density at radius 2 is 1.77 bits per heavy atom. The predicted octanol–water partition coefficient (Wildman–Crippen LogP) is 2.61. The maximum absolute atomic E-state index is 4.83. The summed E-state index contributed by atoms with van der Waals surface area (Å²) < 4.78 is 1.81. The number of nitrogens with zero attached hydrogens (tertiary/aromatic N) is 7. The SMILES string of the molecule is CC(C)(C)c1ncnn2cc(CC(C)(C)c3ncnc4[nH]ncc34)nc12. The number of imidazole rings is 1. The minimum atomic E-state index is -0.238. The molecule has 4 heterocycles. The molecule has 0 atom stereocenters. The van der Waals surface area contributed by atoms with E-state index in [0.29, 0.717) is 0 Å². The van der Waals surface area contributed by atoms with Crippen molar-refractivity contribution in [1.82, 2.24) is 39.7 Å². The zero-order valence-electron chi connectivity index (χ0n) is 15.6. The van der Waals surface area contributed by atoms with Crippen LogP contribution in [0, 0.1) is 0 Å². The Morgan fingerprint density at radius 1 is 1.00 bits per heavy atom. The molecule has 0 fully saturated rings. The molecule has 1 N–H and O–H groups in total. The van der Waals surface area contributed by atoms with E-state index in [0.717, 1.165) is 40.2 Å². The molecular formula is C18H22N8. The molecule has 0 aliphatic carbocycles. The third kappa shape index (κ3) is 2.71. The molecule has 0 aromatic carbocycles. The predicted molar refractivity (Wildman–Crippen MR) is 97.9 cm³/mol. The Kier molecular flexibility index (Phi) is 3.54. The molecule has 8 heteroatoms. The van der Waals surface area contributed by atoms with Gasteiger partial charge in [0.15, 0.2) is 11.3 Å². The van der Waals surface area contributed by atoms with Crippen LogP contribution in [0.3, 0.4) is 0 Å². The van der Waals surface area contributed by atoms with Crippen LogP contribution in [0.25, 0.3) is 16.7 Å². The summed E-state index contributed by atoms with van der Waals surface area (Å²) in [6.07, 6.45) is 7.63. The van der Waals surface area contributed by atoms with Gasteiger partial charge in [-0.15, -0.1) is 0 Å². The van der Waals surface area contributed by atoms with Gasteiger partial charge in [0.1, 0.15) is 12.7 Å². The highest BCUT2D eigenvalue weighted by Crippen LogP contribution is 2.31. The van der Waals surface area contributed by atoms with Crippen LogP contribution >= 0.6 is 0 Å². The van der Waals surface area contributed by atoms with E-state index in [1.54, 1.807) is 18.9 Å². The summed E-state index contributed by atoms with van der Waals surface area (Å²) in [6.45, 7) is 10.7. The second-order valence-electron chi connectivity index (χ2n) is 8.27. The van der Waals surface area contributed by atoms with Gasteiger partial charge in [-0.1, -0.05) is 34.6 Å². The standard InChI is InChI=1S/C18H22N8/c1-17(2,3)14-16-24-11(8-26(16)23-10-20-14)6-18(4,5)13-12-7-22-25-15(12)21-9-19-13/h7-10H,6H2,1-5H3,(H,19,21,22,25). The van der Waals surface area contributed by atoms with E-state index in [2.05, 4.69) is 64.9 Å². The summed E-state index contributed by atoms with van der Waals surface area (Å²) in [5, 5.41) is 12.3. The number of fused-ring (bicyclic) bond motifs is 2. The Bertz CT molecular complexity index is 1080. The summed E-state index contributed by atoms with van der Waals surface area (Å²) >= 11 is 0. The van der Waals surface area contributed by atoms with Gasteiger partial charge in [0, 0.05) is 17.3 Å². The lowest BCUT2D eigenvalue weighted by atomic mass is 9.83. The maximum atomic E-state index is 4.83. The third-order valence-corrected chi connectivity index (χ3v) is 4.54. The molecule has 0 aliphatic heterocycles. The van der Waals surface area contributed by atoms with Gasteiger partial charge in [-0.25, -0.2) is 24.5 Å². The van der Waals surface area contributed by atoms with Crippen molar-refractivity contribution in [2.45, 2.75) is 51.9 Å². The van der Waals surface area contributed by atoms with Crippen molar-refractivity contribution in [2.75, 3.05) is 0 Å². The molecule has 0 spiro atoms. The summed E-state index contributed by atoms with van der Waals surface area (Å²) in [7, 11) is 0. The molecule has 0 radical (unpaired) electrons. The lowest BCUT2D eigenvalue weighted by Crippen LogP contribution is -2.23. The highest BCUT2D eigenvalue weighted by atomic mass is 15.3. The van der Waals surface area contributed by atoms with Crippen molar-refractivity contribution in [3.63, 3.8) is 0 Å². The van der Waals surface area contributed by atoms with Crippen molar-refractivity contribution in [3.8, 4) is 0 Å². The molecule has 0 aliphatic rings. The van der Waals surface area contributed by atoms with Crippen LogP contribution in [0.1, 0.15) is 51.7 Å². The van der Waals surface area contributed by atoms with Crippen molar-refractivity contribution >= 4 is 16.7 Å². The number of H-pyrrole nitrogens is 1. The molecule has 0 saturated carbocycles. The van der Waals surface area contributed by atoms with Crippen LogP contribution in [0.15, 0.2) is 25.0 Å². The van der Waals surface area contributed by atoms with E-state index in [9.17, 15) is 0 Å². The Hall–Kier alpha value is -2.90. The fourth-order valence-corrected chi connectivity index (χ4v) is 3.32. The van der Waals surface area contributed by atoms with Crippen LogP contribution in [0.5, 0.6) is 0 Å². The molecule has 8 nitrogen and oxygen atoms in total. The van der Waals surface area contributed by atoms with Gasteiger partial charge in [0.25, 0.3) is 0 Å². The van der Waals surface area contributed by atoms with Crippen LogP contribution in [0.2, 0.25) is 0 Å². The van der Waals surface area contributed by atoms with Crippen LogP contribution in [0.4, 0.5) is 0 Å². The summed E-state index contributed by atoms with van der Waals surface area (Å²) in [4.78, 5) is 18.0. The van der Waals surface area contributed by atoms with Gasteiger partial charge in [-0.2, -0.15) is 10.2 Å². The minimum absolute atomic E-state index is 0.0993. The molecule has 0 bridgehead atoms. The first-order valence-corrected chi connectivity index (χ1v) is 8.60. The summed E-state index contributed by atoms with van der Waals surface area (Å²) in [6, 6.07) is 0. The first-order valence-electron chi connectivity index (χ1n) is 8.60. The van der Waals surface area contributed by atoms with E-state index in [4.69, 9.17) is 4.98 Å². The highest BCUT2D eigenvalue weighted by Gasteiger charge is 2.28. The Balaban J connectivity index is 1.76. The summed E-state index contributed by atoms with van der Waals surface area (Å²) in [5.41, 5.74) is 4.07. The lowest BCUT2D eigenvalue weighted by Gasteiger charge is -2.23. The van der Waals surface area contributed by atoms with Gasteiger partial charge < -0.3 is 0 Å². The number of hydrogen-bond acceptors (Lipinski definition) is 6. The molecule has 0 amide bonds. The number of aromatic amines is 1. The summed E-state index contributed by atoms with van der Waals surface area (Å²) in [5.74, 6) is 0. The van der Waals surface area contributed by atoms with E-state index in [1.807, 2.05) is 10.7 Å². The molecule has 4 rings (SSSR count). The number of hydrogen-bond donors (Lipinski definition) is 1. The van der Waals surface area contributed by atoms with E-state index >= 15 is 0 Å². The van der Waals surface area contributed by atoms with E-state index in [1.165, 1.54) is 0 Å². The van der Waals surface area contributed by atoms with Crippen LogP contribution in [-0.2, 0) is 17.3 Å². The molecule has 4 aromatic heterocycles. The number of rotatable bonds is 3. The zero-order valence-corrected chi connectivity index (χ0v) is 15.6. The van der Waals surface area contributed by atoms with Crippen molar-refractivity contribution in [3.05, 3.63) is 42.1 Å². The fraction of sp³-hybridized carbons (Fsp3) is 0.444. The first kappa shape index (κ1) is 16.6. The molecular weight excluding hydrogens is 328 g/mol. The maximum Gasteiger partial charge on any atom is 0.176 e. The monoisotopic (exact) mass is 350 g/mol. The van der Waals surface area contributed by atoms with E-state index < -0.39 is 0 Å². The highest BCUT2D eigenvalue weighted by molar-refractivity contribution is 5.77. The Morgan fingerprint density at radius 3 is 2.54 bits per heavy atom. The average molecular weight is 350 g/mol. The van der Waals surface area contributed by atoms with Crippen LogP contribution < -0.4 is 0 Å². The second-order valence-corrected chi connectivity index (χ2v) is 8.27. The number of nitrogens with one attached hydrogen (secondary N) is 1. The van der Waals surface area contributed by atoms with Gasteiger partial charge in [0.05, 0.1) is 34.9 Å². The molecule has 134 valence electrons. The third-order valence-electron chi connectivity index (χ3n) is 4.54. The van der Waals surface area contributed by atoms with Gasteiger partial charge in [-0.3, -0.25) is 5.10 Å². The topological polar surface area (TPSA) is 97.5 Å². The molecule has 4 aromatic rings. The zero-order chi connectivity index (χ0) is 18.5. The quantitative estimate of drug-likeness (QED) is 0.610. The largest absolute Gasteiger partial charge is 0.261 e. The van der Waals surface area contributed by atoms with Crippen molar-refractivity contribution < 1.29 is 0 Å². The van der Waals surface area contributed by atoms with Crippen molar-refractivity contribution in [2.24, 2.45) is 0 Å². The second kappa shape index (κ2) is 5.55. The van der Waals surface area contributed by atoms with Crippen LogP contribution in [-0.4, -0.2) is 39.7 Å². The fourth-order valence-electron chi connectivity index (χ4n) is 3.32. The molecule has 0 unspecified atom stereocenters. The van der Waals surface area contributed by atoms with Gasteiger partial charge in [0.2, 0.25) is 0 Å².